The molecule has 0 radical (unpaired) electrons. The van der Waals surface area contributed by atoms with Gasteiger partial charge in [-0.05, 0) is 24.3 Å². The van der Waals surface area contributed by atoms with Crippen LogP contribution in [0.25, 0.3) is 11.4 Å². The molecule has 0 aliphatic heterocycles. The van der Waals surface area contributed by atoms with Gasteiger partial charge in [0.1, 0.15) is 10.1 Å². The normalized spacial score (nSPS) is 10.7. The van der Waals surface area contributed by atoms with Gasteiger partial charge in [0.25, 0.3) is 5.95 Å². The van der Waals surface area contributed by atoms with Crippen LogP contribution in [0.2, 0.25) is 0 Å². The van der Waals surface area contributed by atoms with Gasteiger partial charge >= 0.3 is 29.6 Å². The molecule has 0 saturated carbocycles. The van der Waals surface area contributed by atoms with E-state index in [0.717, 1.165) is 12.1 Å². The number of benzene rings is 1. The van der Waals surface area contributed by atoms with Crippen LogP contribution < -0.4 is 35.3 Å². The van der Waals surface area contributed by atoms with E-state index in [9.17, 15) is 13.0 Å². The molecule has 18 heavy (non-hydrogen) atoms. The summed E-state index contributed by atoms with van der Waals surface area (Å²) in [4.78, 5) is -0.322. The van der Waals surface area contributed by atoms with Gasteiger partial charge in [-0.15, -0.1) is 20.4 Å². The first-order chi connectivity index (χ1) is 7.97. The Hall–Kier alpha value is -1.13. The summed E-state index contributed by atoms with van der Waals surface area (Å²) < 4.78 is 32.1. The fourth-order valence-corrected chi connectivity index (χ4v) is 1.59. The summed E-state index contributed by atoms with van der Waals surface area (Å²) in [5, 5.41) is 14.3. The third kappa shape index (κ3) is 3.43. The average Bonchev–Trinajstić information content (AvgIpc) is 2.29. The topological polar surface area (TPSA) is 135 Å². The number of nitrogen functional groups attached to an aromatic ring is 1. The van der Waals surface area contributed by atoms with Crippen LogP contribution in [-0.4, -0.2) is 33.4 Å². The fraction of sp³-hybridized carbons (Fsp3) is 0. The molecular weight excluding hydrogens is 269 g/mol. The van der Waals surface area contributed by atoms with Crippen molar-refractivity contribution in [3.8, 4) is 11.4 Å². The van der Waals surface area contributed by atoms with Crippen molar-refractivity contribution in [1.82, 2.24) is 20.4 Å². The van der Waals surface area contributed by atoms with Crippen molar-refractivity contribution in [2.24, 2.45) is 0 Å². The van der Waals surface area contributed by atoms with E-state index in [-0.39, 0.29) is 46.2 Å². The Balaban J connectivity index is 0.00000162. The summed E-state index contributed by atoms with van der Waals surface area (Å²) in [6.45, 7) is 0. The van der Waals surface area contributed by atoms with Gasteiger partial charge in [0.2, 0.25) is 5.82 Å². The van der Waals surface area contributed by atoms with Crippen molar-refractivity contribution in [2.75, 3.05) is 5.73 Å². The van der Waals surface area contributed by atoms with Crippen LogP contribution in [0.3, 0.4) is 0 Å². The molecule has 2 N–H and O–H groups in total. The van der Waals surface area contributed by atoms with E-state index >= 15 is 0 Å². The van der Waals surface area contributed by atoms with E-state index < -0.39 is 10.1 Å². The molecule has 0 fully saturated rings. The van der Waals surface area contributed by atoms with Crippen LogP contribution in [0, 0.1) is 0 Å². The Morgan fingerprint density at radius 2 is 1.50 bits per heavy atom. The Labute approximate surface area is 125 Å². The molecule has 0 atom stereocenters. The third-order valence-corrected chi connectivity index (χ3v) is 2.75. The summed E-state index contributed by atoms with van der Waals surface area (Å²) in [5.74, 6) is 0.126. The van der Waals surface area contributed by atoms with Crippen LogP contribution in [0.5, 0.6) is 0 Å². The predicted octanol–water partition coefficient (Wildman–Crippen LogP) is -3.58. The maximum Gasteiger partial charge on any atom is 1.00 e. The molecule has 88 valence electrons. The van der Waals surface area contributed by atoms with Crippen molar-refractivity contribution in [2.45, 2.75) is 4.90 Å². The van der Waals surface area contributed by atoms with Gasteiger partial charge in [0.05, 0.1) is 4.90 Å². The zero-order valence-corrected chi connectivity index (χ0v) is 12.1. The predicted molar refractivity (Wildman–Crippen MR) is 55.4 cm³/mol. The van der Waals surface area contributed by atoms with Crippen LogP contribution in [0.1, 0.15) is 0 Å². The van der Waals surface area contributed by atoms with Crippen LogP contribution in [0.4, 0.5) is 5.95 Å². The Morgan fingerprint density at radius 1 is 1.00 bits per heavy atom. The van der Waals surface area contributed by atoms with Crippen molar-refractivity contribution in [1.29, 1.82) is 0 Å². The Bertz CT molecular complexity index is 629. The van der Waals surface area contributed by atoms with Gasteiger partial charge < -0.3 is 10.3 Å². The molecule has 0 saturated heterocycles. The number of rotatable bonds is 2. The molecule has 8 nitrogen and oxygen atoms in total. The largest absolute Gasteiger partial charge is 1.00 e. The summed E-state index contributed by atoms with van der Waals surface area (Å²) in [7, 11) is -4.45. The number of anilines is 1. The molecule has 0 unspecified atom stereocenters. The first-order valence-electron chi connectivity index (χ1n) is 4.36. The zero-order valence-electron chi connectivity index (χ0n) is 9.31. The number of hydrogen-bond acceptors (Lipinski definition) is 8. The molecule has 0 amide bonds. The smallest absolute Gasteiger partial charge is 0.744 e. The monoisotopic (exact) mass is 275 g/mol. The average molecular weight is 275 g/mol. The second-order valence-electron chi connectivity index (χ2n) is 3.06. The van der Waals surface area contributed by atoms with Gasteiger partial charge in [-0.1, -0.05) is 0 Å². The van der Waals surface area contributed by atoms with Crippen molar-refractivity contribution < 1.29 is 42.5 Å². The maximum absolute atomic E-state index is 10.7. The minimum atomic E-state index is -4.45. The van der Waals surface area contributed by atoms with Crippen molar-refractivity contribution in [3.63, 3.8) is 0 Å². The fourth-order valence-electron chi connectivity index (χ4n) is 1.12. The van der Waals surface area contributed by atoms with Crippen LogP contribution in [-0.2, 0) is 10.1 Å². The molecule has 0 bridgehead atoms. The van der Waals surface area contributed by atoms with Crippen LogP contribution >= 0.6 is 0 Å². The van der Waals surface area contributed by atoms with E-state index in [1.807, 2.05) is 0 Å². The summed E-state index contributed by atoms with van der Waals surface area (Å²) in [6.07, 6.45) is 0. The molecule has 2 rings (SSSR count). The maximum atomic E-state index is 10.7. The Morgan fingerprint density at radius 3 is 1.94 bits per heavy atom. The second-order valence-corrected chi connectivity index (χ2v) is 4.44. The zero-order chi connectivity index (χ0) is 12.5. The van der Waals surface area contributed by atoms with Crippen molar-refractivity contribution >= 4 is 16.1 Å². The van der Waals surface area contributed by atoms with E-state index in [1.54, 1.807) is 0 Å². The van der Waals surface area contributed by atoms with E-state index in [1.165, 1.54) is 12.1 Å². The quantitative estimate of drug-likeness (QED) is 0.439. The number of aromatic nitrogens is 4. The molecule has 2 aromatic rings. The van der Waals surface area contributed by atoms with Crippen molar-refractivity contribution in [3.05, 3.63) is 24.3 Å². The van der Waals surface area contributed by atoms with Gasteiger partial charge in [-0.2, -0.15) is 0 Å². The molecule has 1 aromatic carbocycles. The van der Waals surface area contributed by atoms with Gasteiger partial charge in [0, 0.05) is 5.56 Å². The minimum Gasteiger partial charge on any atom is -0.744 e. The van der Waals surface area contributed by atoms with E-state index in [2.05, 4.69) is 20.4 Å². The first-order valence-corrected chi connectivity index (χ1v) is 5.77. The molecule has 1 aromatic heterocycles. The standard InChI is InChI=1S/C8H7N5O3S.Na/c9-8-12-10-7(11-13-8)5-1-3-6(4-2-5)17(14,15)16;/h1-4H,(H2,9,12,13)(H,14,15,16);/q;+1/p-1. The van der Waals surface area contributed by atoms with Crippen LogP contribution in [0.15, 0.2) is 29.2 Å². The molecule has 10 heteroatoms. The molecule has 0 aliphatic carbocycles. The van der Waals surface area contributed by atoms with Gasteiger partial charge in [-0.3, -0.25) is 0 Å². The molecule has 1 heterocycles. The summed E-state index contributed by atoms with van der Waals surface area (Å²) in [6, 6.07) is 5.11. The molecule has 0 aliphatic rings. The van der Waals surface area contributed by atoms with Gasteiger partial charge in [-0.25, -0.2) is 8.42 Å². The summed E-state index contributed by atoms with van der Waals surface area (Å²) in [5.41, 5.74) is 5.70. The number of nitrogens with zero attached hydrogens (tertiary/aromatic N) is 4. The van der Waals surface area contributed by atoms with E-state index in [4.69, 9.17) is 5.73 Å². The third-order valence-electron chi connectivity index (χ3n) is 1.90. The second kappa shape index (κ2) is 5.67. The minimum absolute atomic E-state index is 0. The Kier molecular flexibility index (Phi) is 4.71. The van der Waals surface area contributed by atoms with E-state index in [0.29, 0.717) is 5.56 Å². The summed E-state index contributed by atoms with van der Waals surface area (Å²) >= 11 is 0. The first kappa shape index (κ1) is 14.9. The molecule has 0 spiro atoms. The number of hydrogen-bond donors (Lipinski definition) is 1. The molecular formula is C8H6N5NaO3S. The number of nitrogens with two attached hydrogens (primary N) is 1. The van der Waals surface area contributed by atoms with Gasteiger partial charge in [0.15, 0.2) is 0 Å². The SMILES string of the molecule is Nc1nnc(-c2ccc(S(=O)(=O)[O-])cc2)nn1.[Na+].